The summed E-state index contributed by atoms with van der Waals surface area (Å²) >= 11 is 0. The Morgan fingerprint density at radius 3 is 2.46 bits per heavy atom. The van der Waals surface area contributed by atoms with Gasteiger partial charge in [0.25, 0.3) is 0 Å². The van der Waals surface area contributed by atoms with E-state index in [0.717, 1.165) is 5.56 Å². The Morgan fingerprint density at radius 2 is 1.79 bits per heavy atom. The third-order valence-electron chi connectivity index (χ3n) is 3.76. The number of hydrogen-bond acceptors (Lipinski definition) is 4. The molecule has 126 valence electrons. The number of hydrogen-bond donors (Lipinski definition) is 2. The minimum Gasteiger partial charge on any atom is -0.497 e. The average Bonchev–Trinajstić information content (AvgIpc) is 2.58. The maximum atomic E-state index is 12.1. The number of aryl methyl sites for hydroxylation is 1. The normalized spacial score (nSPS) is 10.2. The Bertz CT molecular complexity index is 724. The van der Waals surface area contributed by atoms with Crippen molar-refractivity contribution in [1.82, 2.24) is 0 Å². The van der Waals surface area contributed by atoms with Gasteiger partial charge in [0.15, 0.2) is 5.78 Å². The van der Waals surface area contributed by atoms with Crippen molar-refractivity contribution in [3.8, 4) is 5.75 Å². The Labute approximate surface area is 141 Å². The van der Waals surface area contributed by atoms with Gasteiger partial charge in [-0.2, -0.15) is 0 Å². The first-order valence-corrected chi connectivity index (χ1v) is 7.83. The van der Waals surface area contributed by atoms with Crippen LogP contribution in [0.4, 0.5) is 11.4 Å². The number of ketones is 1. The van der Waals surface area contributed by atoms with Gasteiger partial charge in [0, 0.05) is 29.8 Å². The standard InChI is InChI=1S/C19H22N2O3/c1-13-6-9-15(20)12-17(13)21-19(23)5-3-4-18(22)14-7-10-16(24-2)11-8-14/h6-12H,3-5,20H2,1-2H3,(H,21,23). The van der Waals surface area contributed by atoms with Crippen LogP contribution in [0, 0.1) is 6.92 Å². The molecule has 0 fully saturated rings. The molecule has 2 aromatic carbocycles. The lowest BCUT2D eigenvalue weighted by Crippen LogP contribution is -2.13. The summed E-state index contributed by atoms with van der Waals surface area (Å²) in [6.07, 6.45) is 1.11. The zero-order valence-corrected chi connectivity index (χ0v) is 14.0. The number of amides is 1. The van der Waals surface area contributed by atoms with Gasteiger partial charge < -0.3 is 15.8 Å². The van der Waals surface area contributed by atoms with Crippen LogP contribution in [-0.4, -0.2) is 18.8 Å². The molecule has 2 aromatic rings. The molecule has 24 heavy (non-hydrogen) atoms. The van der Waals surface area contributed by atoms with E-state index in [1.807, 2.05) is 13.0 Å². The summed E-state index contributed by atoms with van der Waals surface area (Å²) in [5.41, 5.74) is 8.61. The highest BCUT2D eigenvalue weighted by Gasteiger charge is 2.09. The molecule has 0 aliphatic heterocycles. The van der Waals surface area contributed by atoms with Crippen LogP contribution in [0.15, 0.2) is 42.5 Å². The SMILES string of the molecule is COc1ccc(C(=O)CCCC(=O)Nc2cc(N)ccc2C)cc1. The van der Waals surface area contributed by atoms with Crippen LogP contribution in [-0.2, 0) is 4.79 Å². The van der Waals surface area contributed by atoms with Crippen molar-refractivity contribution in [3.63, 3.8) is 0 Å². The van der Waals surface area contributed by atoms with Crippen molar-refractivity contribution in [1.29, 1.82) is 0 Å². The molecule has 5 heteroatoms. The Hall–Kier alpha value is -2.82. The van der Waals surface area contributed by atoms with Crippen LogP contribution < -0.4 is 15.8 Å². The van der Waals surface area contributed by atoms with Gasteiger partial charge in [0.05, 0.1) is 7.11 Å². The molecule has 0 saturated carbocycles. The molecule has 0 spiro atoms. The van der Waals surface area contributed by atoms with Gasteiger partial charge in [-0.05, 0) is 55.3 Å². The smallest absolute Gasteiger partial charge is 0.224 e. The largest absolute Gasteiger partial charge is 0.497 e. The van der Waals surface area contributed by atoms with E-state index < -0.39 is 0 Å². The lowest BCUT2D eigenvalue weighted by Gasteiger charge is -2.09. The van der Waals surface area contributed by atoms with E-state index in [4.69, 9.17) is 10.5 Å². The lowest BCUT2D eigenvalue weighted by molar-refractivity contribution is -0.116. The summed E-state index contributed by atoms with van der Waals surface area (Å²) in [4.78, 5) is 24.1. The van der Waals surface area contributed by atoms with Crippen LogP contribution in [0.3, 0.4) is 0 Å². The highest BCUT2D eigenvalue weighted by Crippen LogP contribution is 2.19. The molecule has 0 unspecified atom stereocenters. The maximum Gasteiger partial charge on any atom is 0.224 e. The zero-order valence-electron chi connectivity index (χ0n) is 14.0. The zero-order chi connectivity index (χ0) is 17.5. The monoisotopic (exact) mass is 326 g/mol. The number of nitrogens with two attached hydrogens (primary N) is 1. The molecule has 0 radical (unpaired) electrons. The van der Waals surface area contributed by atoms with Crippen molar-refractivity contribution in [2.24, 2.45) is 0 Å². The molecule has 2 rings (SSSR count). The van der Waals surface area contributed by atoms with E-state index in [1.165, 1.54) is 0 Å². The quantitative estimate of drug-likeness (QED) is 0.602. The fourth-order valence-corrected chi connectivity index (χ4v) is 2.32. The number of rotatable bonds is 7. The highest BCUT2D eigenvalue weighted by molar-refractivity contribution is 5.97. The second-order valence-corrected chi connectivity index (χ2v) is 5.63. The summed E-state index contributed by atoms with van der Waals surface area (Å²) in [6, 6.07) is 12.4. The first-order chi connectivity index (χ1) is 11.5. The van der Waals surface area contributed by atoms with E-state index in [-0.39, 0.29) is 18.1 Å². The summed E-state index contributed by atoms with van der Waals surface area (Å²) in [7, 11) is 1.58. The number of ether oxygens (including phenoxy) is 1. The minimum absolute atomic E-state index is 0.0191. The van der Waals surface area contributed by atoms with Crippen molar-refractivity contribution in [2.75, 3.05) is 18.2 Å². The topological polar surface area (TPSA) is 81.4 Å². The predicted molar refractivity (Wildman–Crippen MR) is 95.4 cm³/mol. The summed E-state index contributed by atoms with van der Waals surface area (Å²) in [5.74, 6) is 0.611. The fourth-order valence-electron chi connectivity index (χ4n) is 2.32. The molecule has 0 heterocycles. The van der Waals surface area contributed by atoms with Gasteiger partial charge >= 0.3 is 0 Å². The van der Waals surface area contributed by atoms with Crippen LogP contribution in [0.1, 0.15) is 35.2 Å². The second-order valence-electron chi connectivity index (χ2n) is 5.63. The van der Waals surface area contributed by atoms with Crippen molar-refractivity contribution in [2.45, 2.75) is 26.2 Å². The number of anilines is 2. The van der Waals surface area contributed by atoms with Gasteiger partial charge in [-0.25, -0.2) is 0 Å². The first-order valence-electron chi connectivity index (χ1n) is 7.83. The number of nitrogens with one attached hydrogen (secondary N) is 1. The molecule has 0 saturated heterocycles. The molecule has 1 amide bonds. The van der Waals surface area contributed by atoms with E-state index in [9.17, 15) is 9.59 Å². The molecule has 0 atom stereocenters. The van der Waals surface area contributed by atoms with Gasteiger partial charge in [-0.15, -0.1) is 0 Å². The van der Waals surface area contributed by atoms with Crippen LogP contribution >= 0.6 is 0 Å². The van der Waals surface area contributed by atoms with Gasteiger partial charge in [-0.1, -0.05) is 6.07 Å². The van der Waals surface area contributed by atoms with E-state index in [0.29, 0.717) is 35.5 Å². The Morgan fingerprint density at radius 1 is 1.08 bits per heavy atom. The van der Waals surface area contributed by atoms with Crippen LogP contribution in [0.25, 0.3) is 0 Å². The first kappa shape index (κ1) is 17.5. The summed E-state index contributed by atoms with van der Waals surface area (Å²) in [6.45, 7) is 1.91. The Kier molecular flexibility index (Phi) is 5.95. The van der Waals surface area contributed by atoms with Crippen molar-refractivity contribution in [3.05, 3.63) is 53.6 Å². The lowest BCUT2D eigenvalue weighted by atomic mass is 10.1. The van der Waals surface area contributed by atoms with Crippen LogP contribution in [0.5, 0.6) is 5.75 Å². The molecule has 0 aliphatic rings. The number of Topliss-reactive ketones (excluding diaryl/α,β-unsaturated/α-hetero) is 1. The van der Waals surface area contributed by atoms with E-state index in [2.05, 4.69) is 5.32 Å². The molecule has 5 nitrogen and oxygen atoms in total. The molecule has 0 aromatic heterocycles. The Balaban J connectivity index is 1.81. The number of methoxy groups -OCH3 is 1. The van der Waals surface area contributed by atoms with Crippen molar-refractivity contribution >= 4 is 23.1 Å². The van der Waals surface area contributed by atoms with Gasteiger partial charge in [0.2, 0.25) is 5.91 Å². The fraction of sp³-hybridized carbons (Fsp3) is 0.263. The summed E-state index contributed by atoms with van der Waals surface area (Å²) in [5, 5.41) is 2.83. The maximum absolute atomic E-state index is 12.1. The van der Waals surface area contributed by atoms with Crippen LogP contribution in [0.2, 0.25) is 0 Å². The van der Waals surface area contributed by atoms with Gasteiger partial charge in [0.1, 0.15) is 5.75 Å². The number of carbonyl (C=O) groups excluding carboxylic acids is 2. The molecule has 3 N–H and O–H groups in total. The van der Waals surface area contributed by atoms with E-state index >= 15 is 0 Å². The molecular weight excluding hydrogens is 304 g/mol. The van der Waals surface area contributed by atoms with Crippen molar-refractivity contribution < 1.29 is 14.3 Å². The number of benzene rings is 2. The average molecular weight is 326 g/mol. The third kappa shape index (κ3) is 4.84. The van der Waals surface area contributed by atoms with E-state index in [1.54, 1.807) is 43.5 Å². The minimum atomic E-state index is -0.119. The molecule has 0 bridgehead atoms. The van der Waals surface area contributed by atoms with Gasteiger partial charge in [-0.3, -0.25) is 9.59 Å². The molecule has 0 aliphatic carbocycles. The summed E-state index contributed by atoms with van der Waals surface area (Å²) < 4.78 is 5.06. The second kappa shape index (κ2) is 8.15. The number of nitrogen functional groups attached to an aromatic ring is 1. The predicted octanol–water partition coefficient (Wildman–Crippen LogP) is 3.58. The highest BCUT2D eigenvalue weighted by atomic mass is 16.5. The number of carbonyl (C=O) groups is 2. The third-order valence-corrected chi connectivity index (χ3v) is 3.76. The molecular formula is C19H22N2O3.